The second kappa shape index (κ2) is 8.86. The Morgan fingerprint density at radius 1 is 1.28 bits per heavy atom. The first-order valence-corrected chi connectivity index (χ1v) is 12.1. The molecule has 0 unspecified atom stereocenters. The van der Waals surface area contributed by atoms with Crippen LogP contribution in [0.3, 0.4) is 0 Å². The number of carbonyl (C=O) groups excluding carboxylic acids is 1. The van der Waals surface area contributed by atoms with Gasteiger partial charge in [-0.05, 0) is 38.3 Å². The lowest BCUT2D eigenvalue weighted by atomic mass is 10.2. The molecule has 3 aromatic rings. The predicted octanol–water partition coefficient (Wildman–Crippen LogP) is 3.63. The smallest absolute Gasteiger partial charge is 0.249 e. The van der Waals surface area contributed by atoms with E-state index in [9.17, 15) is 13.2 Å². The summed E-state index contributed by atoms with van der Waals surface area (Å²) in [4.78, 5) is 13.1. The first-order chi connectivity index (χ1) is 15.2. The van der Waals surface area contributed by atoms with Gasteiger partial charge in [-0.2, -0.15) is 9.40 Å². The average Bonchev–Trinajstić information content (AvgIpc) is 3.46. The number of amides is 1. The van der Waals surface area contributed by atoms with Crippen LogP contribution >= 0.6 is 23.2 Å². The number of benzene rings is 1. The molecule has 1 aromatic carbocycles. The Morgan fingerprint density at radius 2 is 2.06 bits per heavy atom. The van der Waals surface area contributed by atoms with E-state index in [1.165, 1.54) is 11.2 Å². The third kappa shape index (κ3) is 4.15. The second-order valence-corrected chi connectivity index (χ2v) is 10.1. The van der Waals surface area contributed by atoms with Gasteiger partial charge >= 0.3 is 0 Å². The fourth-order valence-electron chi connectivity index (χ4n) is 3.86. The highest BCUT2D eigenvalue weighted by molar-refractivity contribution is 7.89. The predicted molar refractivity (Wildman–Crippen MR) is 119 cm³/mol. The van der Waals surface area contributed by atoms with Crippen LogP contribution in [-0.4, -0.2) is 46.2 Å². The van der Waals surface area contributed by atoms with Gasteiger partial charge in [0.25, 0.3) is 0 Å². The van der Waals surface area contributed by atoms with Gasteiger partial charge in [-0.3, -0.25) is 4.79 Å². The van der Waals surface area contributed by atoms with E-state index in [-0.39, 0.29) is 29.4 Å². The molecule has 1 N–H and O–H groups in total. The van der Waals surface area contributed by atoms with Crippen LogP contribution in [0.2, 0.25) is 10.0 Å². The summed E-state index contributed by atoms with van der Waals surface area (Å²) in [6, 6.07) is 6.07. The molecular formula is C20H21Cl2N5O4S. The van der Waals surface area contributed by atoms with E-state index >= 15 is 0 Å². The van der Waals surface area contributed by atoms with Crippen LogP contribution in [0.5, 0.6) is 0 Å². The molecule has 1 aliphatic rings. The van der Waals surface area contributed by atoms with Gasteiger partial charge < -0.3 is 9.84 Å². The molecule has 9 nitrogen and oxygen atoms in total. The second-order valence-electron chi connectivity index (χ2n) is 7.50. The monoisotopic (exact) mass is 497 g/mol. The van der Waals surface area contributed by atoms with E-state index in [4.69, 9.17) is 27.7 Å². The summed E-state index contributed by atoms with van der Waals surface area (Å²) < 4.78 is 34.3. The minimum Gasteiger partial charge on any atom is -0.360 e. The molecule has 0 bridgehead atoms. The van der Waals surface area contributed by atoms with E-state index in [0.29, 0.717) is 28.7 Å². The number of aromatic nitrogens is 3. The van der Waals surface area contributed by atoms with Crippen LogP contribution in [0.1, 0.15) is 29.9 Å². The highest BCUT2D eigenvalue weighted by Gasteiger charge is 2.42. The molecule has 32 heavy (non-hydrogen) atoms. The summed E-state index contributed by atoms with van der Waals surface area (Å²) in [6.07, 6.45) is 2.52. The van der Waals surface area contributed by atoms with Crippen molar-refractivity contribution in [3.63, 3.8) is 0 Å². The molecule has 170 valence electrons. The number of rotatable bonds is 6. The Balaban J connectivity index is 1.55. The molecule has 1 atom stereocenters. The summed E-state index contributed by atoms with van der Waals surface area (Å²) in [6.45, 7) is 3.63. The van der Waals surface area contributed by atoms with Gasteiger partial charge in [0.1, 0.15) is 22.4 Å². The average molecular weight is 498 g/mol. The Kier molecular flexibility index (Phi) is 6.30. The molecule has 1 saturated heterocycles. The standard InChI is InChI=1S/C20H21Cl2N5O4S/c1-12-19(13(2)31-25-12)32(29,30)27-10-4-7-16(27)20(28)24-17-8-9-23-26(17)11-14-5-3-6-15(21)18(14)22/h3,5-6,8-9,16H,4,7,10-11H2,1-2H3,(H,24,28)/t16-/m0/s1. The number of hydrogen-bond donors (Lipinski definition) is 1. The molecule has 0 spiro atoms. The largest absolute Gasteiger partial charge is 0.360 e. The molecule has 4 rings (SSSR count). The van der Waals surface area contributed by atoms with Crippen LogP contribution in [0.15, 0.2) is 39.9 Å². The van der Waals surface area contributed by atoms with Gasteiger partial charge in [-0.1, -0.05) is 40.5 Å². The number of nitrogens with zero attached hydrogens (tertiary/aromatic N) is 4. The maximum Gasteiger partial charge on any atom is 0.249 e. The van der Waals surface area contributed by atoms with E-state index in [1.807, 2.05) is 6.07 Å². The van der Waals surface area contributed by atoms with Crippen molar-refractivity contribution in [2.45, 2.75) is 44.2 Å². The van der Waals surface area contributed by atoms with Crippen LogP contribution in [0.4, 0.5) is 5.82 Å². The number of halogens is 2. The Morgan fingerprint density at radius 3 is 2.78 bits per heavy atom. The molecule has 1 fully saturated rings. The lowest BCUT2D eigenvalue weighted by Crippen LogP contribution is -2.43. The van der Waals surface area contributed by atoms with Crippen molar-refractivity contribution in [2.24, 2.45) is 0 Å². The quantitative estimate of drug-likeness (QED) is 0.556. The molecular weight excluding hydrogens is 477 g/mol. The topological polar surface area (TPSA) is 110 Å². The maximum absolute atomic E-state index is 13.2. The number of carbonyl (C=O) groups is 1. The van der Waals surface area contributed by atoms with Gasteiger partial charge in [0.15, 0.2) is 5.76 Å². The number of hydrogen-bond acceptors (Lipinski definition) is 6. The first-order valence-electron chi connectivity index (χ1n) is 9.90. The molecule has 0 radical (unpaired) electrons. The summed E-state index contributed by atoms with van der Waals surface area (Å²) in [5.41, 5.74) is 1.01. The minimum atomic E-state index is -3.94. The number of nitrogens with one attached hydrogen (secondary N) is 1. The van der Waals surface area contributed by atoms with Crippen molar-refractivity contribution in [2.75, 3.05) is 11.9 Å². The number of aryl methyl sites for hydroxylation is 2. The normalized spacial score (nSPS) is 17.1. The Bertz CT molecular complexity index is 1250. The third-order valence-corrected chi connectivity index (χ3v) is 8.37. The van der Waals surface area contributed by atoms with Gasteiger partial charge in [-0.15, -0.1) is 0 Å². The number of sulfonamides is 1. The number of anilines is 1. The van der Waals surface area contributed by atoms with E-state index in [0.717, 1.165) is 5.56 Å². The SMILES string of the molecule is Cc1noc(C)c1S(=O)(=O)N1CCC[C@H]1C(=O)Nc1ccnn1Cc1cccc(Cl)c1Cl. The molecule has 1 amide bonds. The van der Waals surface area contributed by atoms with Crippen LogP contribution in [0, 0.1) is 13.8 Å². The zero-order valence-electron chi connectivity index (χ0n) is 17.4. The molecule has 12 heteroatoms. The van der Waals surface area contributed by atoms with Crippen molar-refractivity contribution < 1.29 is 17.7 Å². The molecule has 1 aliphatic heterocycles. The fraction of sp³-hybridized carbons (Fsp3) is 0.350. The Labute approximate surface area is 195 Å². The van der Waals surface area contributed by atoms with Crippen molar-refractivity contribution >= 4 is 45.0 Å². The van der Waals surface area contributed by atoms with Crippen LogP contribution < -0.4 is 5.32 Å². The van der Waals surface area contributed by atoms with Gasteiger partial charge in [-0.25, -0.2) is 13.1 Å². The van der Waals surface area contributed by atoms with E-state index < -0.39 is 22.0 Å². The summed E-state index contributed by atoms with van der Waals surface area (Å²) >= 11 is 12.4. The van der Waals surface area contributed by atoms with Gasteiger partial charge in [0, 0.05) is 12.6 Å². The van der Waals surface area contributed by atoms with E-state index in [2.05, 4.69) is 15.6 Å². The van der Waals surface area contributed by atoms with E-state index in [1.54, 1.807) is 36.0 Å². The third-order valence-electron chi connectivity index (χ3n) is 5.36. The van der Waals surface area contributed by atoms with Gasteiger partial charge in [0.2, 0.25) is 15.9 Å². The van der Waals surface area contributed by atoms with Crippen LogP contribution in [0.25, 0.3) is 0 Å². The lowest BCUT2D eigenvalue weighted by Gasteiger charge is -2.23. The van der Waals surface area contributed by atoms with Crippen molar-refractivity contribution in [3.8, 4) is 0 Å². The zero-order chi connectivity index (χ0) is 23.0. The molecule has 3 heterocycles. The lowest BCUT2D eigenvalue weighted by molar-refractivity contribution is -0.119. The summed E-state index contributed by atoms with van der Waals surface area (Å²) in [7, 11) is -3.94. The van der Waals surface area contributed by atoms with Gasteiger partial charge in [0.05, 0.1) is 22.8 Å². The summed E-state index contributed by atoms with van der Waals surface area (Å²) in [5, 5.41) is 11.6. The zero-order valence-corrected chi connectivity index (χ0v) is 19.7. The van der Waals surface area contributed by atoms with Crippen molar-refractivity contribution in [3.05, 3.63) is 57.5 Å². The molecule has 2 aromatic heterocycles. The first kappa shape index (κ1) is 22.8. The molecule has 0 saturated carbocycles. The highest BCUT2D eigenvalue weighted by Crippen LogP contribution is 2.31. The minimum absolute atomic E-state index is 0.0119. The Hall–Kier alpha value is -2.40. The summed E-state index contributed by atoms with van der Waals surface area (Å²) in [5.74, 6) is 0.189. The van der Waals surface area contributed by atoms with Crippen molar-refractivity contribution in [1.82, 2.24) is 19.2 Å². The van der Waals surface area contributed by atoms with Crippen molar-refractivity contribution in [1.29, 1.82) is 0 Å². The fourth-order valence-corrected chi connectivity index (χ4v) is 6.19. The maximum atomic E-state index is 13.2. The molecule has 0 aliphatic carbocycles. The highest BCUT2D eigenvalue weighted by atomic mass is 35.5. The van der Waals surface area contributed by atoms with Crippen LogP contribution in [-0.2, 0) is 21.4 Å².